The smallest absolute Gasteiger partial charge is 0.0315 e. The van der Waals surface area contributed by atoms with Crippen LogP contribution in [0.25, 0.3) is 5.57 Å². The number of hydrogen-bond donors (Lipinski definition) is 1. The predicted molar refractivity (Wildman–Crippen MR) is 67.7 cm³/mol. The van der Waals surface area contributed by atoms with Crippen LogP contribution >= 0.6 is 12.6 Å². The summed E-state index contributed by atoms with van der Waals surface area (Å²) in [4.78, 5) is 0. The van der Waals surface area contributed by atoms with Crippen LogP contribution in [0.5, 0.6) is 0 Å². The molecule has 1 rings (SSSR count). The molecule has 14 heavy (non-hydrogen) atoms. The fraction of sp³-hybridized carbons (Fsp3) is 0.385. The van der Waals surface area contributed by atoms with Gasteiger partial charge in [-0.05, 0) is 16.6 Å². The van der Waals surface area contributed by atoms with E-state index in [2.05, 4.69) is 52.1 Å². The van der Waals surface area contributed by atoms with Gasteiger partial charge in [-0.1, -0.05) is 57.7 Å². The zero-order valence-corrected chi connectivity index (χ0v) is 10.0. The molecule has 0 bridgehead atoms. The van der Waals surface area contributed by atoms with Gasteiger partial charge in [0.1, 0.15) is 0 Å². The lowest BCUT2D eigenvalue weighted by Gasteiger charge is -2.28. The standard InChI is InChI=1S/C13H18S/c1-10(12(14)13(2,3)4)11-8-6-5-7-9-11/h5-9,12,14H,1H2,2-4H3. The average Bonchev–Trinajstić information content (AvgIpc) is 2.15. The minimum Gasteiger partial charge on any atom is -0.171 e. The molecule has 0 aliphatic rings. The van der Waals surface area contributed by atoms with Crippen molar-refractivity contribution in [3.05, 3.63) is 42.5 Å². The molecular formula is C13H18S. The van der Waals surface area contributed by atoms with Gasteiger partial charge >= 0.3 is 0 Å². The molecule has 0 saturated carbocycles. The van der Waals surface area contributed by atoms with E-state index in [9.17, 15) is 0 Å². The molecule has 1 unspecified atom stereocenters. The Morgan fingerprint density at radius 2 is 1.71 bits per heavy atom. The number of thiol groups is 1. The summed E-state index contributed by atoms with van der Waals surface area (Å²) in [5.41, 5.74) is 2.43. The second-order valence-electron chi connectivity index (χ2n) is 4.66. The third kappa shape index (κ3) is 2.65. The van der Waals surface area contributed by atoms with E-state index >= 15 is 0 Å². The van der Waals surface area contributed by atoms with E-state index < -0.39 is 0 Å². The van der Waals surface area contributed by atoms with Crippen LogP contribution in [0.15, 0.2) is 36.9 Å². The van der Waals surface area contributed by atoms with Crippen molar-refractivity contribution in [2.75, 3.05) is 0 Å². The van der Waals surface area contributed by atoms with Crippen LogP contribution in [0, 0.1) is 5.41 Å². The highest BCUT2D eigenvalue weighted by Crippen LogP contribution is 2.33. The Morgan fingerprint density at radius 1 is 1.21 bits per heavy atom. The molecule has 76 valence electrons. The lowest BCUT2D eigenvalue weighted by Crippen LogP contribution is -2.21. The van der Waals surface area contributed by atoms with Crippen molar-refractivity contribution in [3.63, 3.8) is 0 Å². The summed E-state index contributed by atoms with van der Waals surface area (Å²) in [6.07, 6.45) is 0. The van der Waals surface area contributed by atoms with Gasteiger partial charge in [0.25, 0.3) is 0 Å². The monoisotopic (exact) mass is 206 g/mol. The summed E-state index contributed by atoms with van der Waals surface area (Å²) in [6.45, 7) is 10.7. The Hall–Kier alpha value is -0.690. The summed E-state index contributed by atoms with van der Waals surface area (Å²) in [5.74, 6) is 0. The van der Waals surface area contributed by atoms with Crippen LogP contribution in [0.3, 0.4) is 0 Å². The van der Waals surface area contributed by atoms with Gasteiger partial charge in [-0.2, -0.15) is 12.6 Å². The molecular weight excluding hydrogens is 188 g/mol. The van der Waals surface area contributed by atoms with Crippen LogP contribution < -0.4 is 0 Å². The molecule has 0 aliphatic heterocycles. The van der Waals surface area contributed by atoms with Crippen LogP contribution in [0.4, 0.5) is 0 Å². The molecule has 0 heterocycles. The third-order valence-electron chi connectivity index (χ3n) is 2.29. The molecule has 0 aliphatic carbocycles. The molecule has 0 spiro atoms. The predicted octanol–water partition coefficient (Wildman–Crippen LogP) is 4.04. The van der Waals surface area contributed by atoms with Crippen molar-refractivity contribution in [2.24, 2.45) is 5.41 Å². The third-order valence-corrected chi connectivity index (χ3v) is 3.38. The lowest BCUT2D eigenvalue weighted by atomic mass is 9.85. The van der Waals surface area contributed by atoms with E-state index in [-0.39, 0.29) is 10.7 Å². The van der Waals surface area contributed by atoms with Crippen molar-refractivity contribution >= 4 is 18.2 Å². The quantitative estimate of drug-likeness (QED) is 0.694. The van der Waals surface area contributed by atoms with E-state index in [1.54, 1.807) is 0 Å². The van der Waals surface area contributed by atoms with Crippen molar-refractivity contribution in [1.82, 2.24) is 0 Å². The summed E-state index contributed by atoms with van der Waals surface area (Å²) in [7, 11) is 0. The molecule has 0 amide bonds. The first kappa shape index (κ1) is 11.4. The molecule has 0 nitrogen and oxygen atoms in total. The molecule has 0 saturated heterocycles. The maximum Gasteiger partial charge on any atom is 0.0315 e. The Labute approximate surface area is 92.5 Å². The second kappa shape index (κ2) is 4.22. The molecule has 0 N–H and O–H groups in total. The summed E-state index contributed by atoms with van der Waals surface area (Å²) in [6, 6.07) is 10.2. The molecule has 0 radical (unpaired) electrons. The molecule has 1 aromatic rings. The zero-order valence-electron chi connectivity index (χ0n) is 9.12. The minimum absolute atomic E-state index is 0.149. The van der Waals surface area contributed by atoms with Crippen LogP contribution in [0.2, 0.25) is 0 Å². The van der Waals surface area contributed by atoms with Gasteiger partial charge in [-0.25, -0.2) is 0 Å². The maximum absolute atomic E-state index is 4.62. The largest absolute Gasteiger partial charge is 0.171 e. The van der Waals surface area contributed by atoms with Gasteiger partial charge in [0.2, 0.25) is 0 Å². The first-order valence-electron chi connectivity index (χ1n) is 4.85. The first-order valence-corrected chi connectivity index (χ1v) is 5.37. The molecule has 1 atom stereocenters. The topological polar surface area (TPSA) is 0 Å². The minimum atomic E-state index is 0.149. The highest BCUT2D eigenvalue weighted by molar-refractivity contribution is 7.81. The summed E-state index contributed by atoms with van der Waals surface area (Å²) < 4.78 is 0. The molecule has 0 aromatic heterocycles. The van der Waals surface area contributed by atoms with Gasteiger partial charge in [0.05, 0.1) is 0 Å². The van der Waals surface area contributed by atoms with E-state index in [4.69, 9.17) is 0 Å². The Balaban J connectivity index is 2.87. The van der Waals surface area contributed by atoms with E-state index in [0.717, 1.165) is 5.57 Å². The molecule has 1 heteroatoms. The van der Waals surface area contributed by atoms with Crippen LogP contribution in [-0.2, 0) is 0 Å². The lowest BCUT2D eigenvalue weighted by molar-refractivity contribution is 0.440. The van der Waals surface area contributed by atoms with Gasteiger partial charge in [0, 0.05) is 5.25 Å². The van der Waals surface area contributed by atoms with E-state index in [0.29, 0.717) is 0 Å². The van der Waals surface area contributed by atoms with E-state index in [1.807, 2.05) is 18.2 Å². The van der Waals surface area contributed by atoms with Gasteiger partial charge in [-0.15, -0.1) is 0 Å². The van der Waals surface area contributed by atoms with Crippen molar-refractivity contribution in [2.45, 2.75) is 26.0 Å². The summed E-state index contributed by atoms with van der Waals surface area (Å²) >= 11 is 4.62. The highest BCUT2D eigenvalue weighted by Gasteiger charge is 2.23. The Morgan fingerprint density at radius 3 is 2.14 bits per heavy atom. The van der Waals surface area contributed by atoms with E-state index in [1.165, 1.54) is 5.56 Å². The van der Waals surface area contributed by atoms with Gasteiger partial charge < -0.3 is 0 Å². The summed E-state index contributed by atoms with van der Waals surface area (Å²) in [5, 5.41) is 0.199. The normalized spacial score (nSPS) is 13.7. The highest BCUT2D eigenvalue weighted by atomic mass is 32.1. The molecule has 0 fully saturated rings. The van der Waals surface area contributed by atoms with Crippen LogP contribution in [0.1, 0.15) is 26.3 Å². The van der Waals surface area contributed by atoms with Crippen molar-refractivity contribution in [3.8, 4) is 0 Å². The number of benzene rings is 1. The zero-order chi connectivity index (χ0) is 10.8. The fourth-order valence-electron chi connectivity index (χ4n) is 1.33. The number of rotatable bonds is 2. The Bertz CT molecular complexity index is 306. The SMILES string of the molecule is C=C(c1ccccc1)C(S)C(C)(C)C. The first-order chi connectivity index (χ1) is 6.43. The van der Waals surface area contributed by atoms with Crippen LogP contribution in [-0.4, -0.2) is 5.25 Å². The van der Waals surface area contributed by atoms with Gasteiger partial charge in [0.15, 0.2) is 0 Å². The number of hydrogen-bond acceptors (Lipinski definition) is 1. The van der Waals surface area contributed by atoms with Gasteiger partial charge in [-0.3, -0.25) is 0 Å². The maximum atomic E-state index is 4.62. The second-order valence-corrected chi connectivity index (χ2v) is 5.18. The fourth-order valence-corrected chi connectivity index (χ4v) is 1.48. The van der Waals surface area contributed by atoms with Crippen molar-refractivity contribution < 1.29 is 0 Å². The van der Waals surface area contributed by atoms with Crippen molar-refractivity contribution in [1.29, 1.82) is 0 Å². The Kier molecular flexibility index (Phi) is 3.43. The average molecular weight is 206 g/mol. The molecule has 1 aromatic carbocycles.